The number of imide groups is 1. The molecule has 5 aliphatic rings. The van der Waals surface area contributed by atoms with Crippen LogP contribution in [0.5, 0.6) is 0 Å². The van der Waals surface area contributed by atoms with Gasteiger partial charge in [-0.1, -0.05) is 12.1 Å². The van der Waals surface area contributed by atoms with E-state index in [0.717, 1.165) is 72.8 Å². The van der Waals surface area contributed by atoms with Crippen LogP contribution in [0.2, 0.25) is 0 Å². The summed E-state index contributed by atoms with van der Waals surface area (Å²) in [7, 11) is 3.57. The summed E-state index contributed by atoms with van der Waals surface area (Å²) in [5, 5.41) is 17.5. The number of likely N-dealkylation sites (tertiary alicyclic amines) is 1. The number of hydrazone groups is 1. The number of benzene rings is 3. The highest BCUT2D eigenvalue weighted by molar-refractivity contribution is 6.05. The largest absolute Gasteiger partial charge is 0.418 e. The Labute approximate surface area is 407 Å². The minimum absolute atomic E-state index is 0.0697. The number of nitrogens with one attached hydrogen (secondary N) is 2. The zero-order chi connectivity index (χ0) is 49.7. The number of carbonyl (C=O) groups excluding carboxylic acids is 4. The Morgan fingerprint density at radius 1 is 0.873 bits per heavy atom. The third-order valence-electron chi connectivity index (χ3n) is 14.7. The van der Waals surface area contributed by atoms with Crippen LogP contribution < -0.4 is 26.2 Å². The lowest BCUT2D eigenvalue weighted by Crippen LogP contribution is -2.52. The van der Waals surface area contributed by atoms with Gasteiger partial charge < -0.3 is 29.6 Å². The number of amides is 4. The number of hydrogen-bond acceptors (Lipinski definition) is 12. The summed E-state index contributed by atoms with van der Waals surface area (Å²) in [6.45, 7) is 5.93. The zero-order valence-corrected chi connectivity index (χ0v) is 39.6. The number of carbonyl (C=O) groups is 4. The lowest BCUT2D eigenvalue weighted by Gasteiger charge is -2.37. The number of nitrogens with zero attached hydrogens (tertiary/aromatic N) is 9. The van der Waals surface area contributed by atoms with Crippen molar-refractivity contribution >= 4 is 46.4 Å². The second-order valence-electron chi connectivity index (χ2n) is 19.3. The molecule has 5 aromatic rings. The molecule has 7 heterocycles. The summed E-state index contributed by atoms with van der Waals surface area (Å²) < 4.78 is 45.9. The van der Waals surface area contributed by atoms with E-state index in [1.54, 1.807) is 53.1 Å². The highest BCUT2D eigenvalue weighted by atomic mass is 19.4. The first kappa shape index (κ1) is 47.5. The number of amidine groups is 1. The molecule has 2 atom stereocenters. The predicted octanol–water partition coefficient (Wildman–Crippen LogP) is 4.41. The minimum Gasteiger partial charge on any atom is -0.380 e. The van der Waals surface area contributed by atoms with Crippen LogP contribution in [0.4, 0.5) is 24.5 Å². The van der Waals surface area contributed by atoms with Crippen molar-refractivity contribution < 1.29 is 37.5 Å². The molecule has 4 amide bonds. The number of aromatic nitrogens is 2. The molecule has 0 spiro atoms. The van der Waals surface area contributed by atoms with E-state index in [-0.39, 0.29) is 36.2 Å². The quantitative estimate of drug-likeness (QED) is 0.152. The fourth-order valence-electron chi connectivity index (χ4n) is 10.6. The Balaban J connectivity index is 0.699. The van der Waals surface area contributed by atoms with Gasteiger partial charge in [-0.15, -0.1) is 0 Å². The molecule has 3 fully saturated rings. The molecule has 3 N–H and O–H groups in total. The molecule has 71 heavy (non-hydrogen) atoms. The van der Waals surface area contributed by atoms with Gasteiger partial charge >= 0.3 is 11.9 Å². The van der Waals surface area contributed by atoms with Gasteiger partial charge in [0.15, 0.2) is 5.84 Å². The number of aliphatic hydroxyl groups is 1. The molecule has 0 bridgehead atoms. The molecule has 3 aromatic carbocycles. The number of piperidine rings is 2. The van der Waals surface area contributed by atoms with E-state index in [1.165, 1.54) is 17.0 Å². The maximum Gasteiger partial charge on any atom is 0.418 e. The molecule has 372 valence electrons. The summed E-state index contributed by atoms with van der Waals surface area (Å²) >= 11 is 0. The monoisotopic (exact) mass is 975 g/mol. The summed E-state index contributed by atoms with van der Waals surface area (Å²) in [5.74, 6) is -0.272. The topological polar surface area (TPSA) is 171 Å². The fraction of sp³-hybridized carbons (Fsp3) is 0.412. The van der Waals surface area contributed by atoms with Crippen molar-refractivity contribution in [3.8, 4) is 5.69 Å². The molecule has 0 saturated carbocycles. The highest BCUT2D eigenvalue weighted by Gasteiger charge is 2.40. The third kappa shape index (κ3) is 9.57. The van der Waals surface area contributed by atoms with Gasteiger partial charge in [0, 0.05) is 101 Å². The number of aliphatic hydroxyl groups excluding tert-OH is 1. The van der Waals surface area contributed by atoms with Crippen LogP contribution >= 0.6 is 0 Å². The first-order valence-corrected chi connectivity index (χ1v) is 24.1. The summed E-state index contributed by atoms with van der Waals surface area (Å²) in [4.78, 5) is 76.3. The van der Waals surface area contributed by atoms with Crippen LogP contribution in [-0.2, 0) is 28.9 Å². The van der Waals surface area contributed by atoms with E-state index in [4.69, 9.17) is 0 Å². The Morgan fingerprint density at radius 3 is 2.28 bits per heavy atom. The summed E-state index contributed by atoms with van der Waals surface area (Å²) in [5.41, 5.74) is 6.20. The van der Waals surface area contributed by atoms with Crippen molar-refractivity contribution in [2.24, 2.45) is 11.0 Å². The number of pyridine rings is 1. The lowest BCUT2D eigenvalue weighted by molar-refractivity contribution is -0.137. The highest BCUT2D eigenvalue weighted by Crippen LogP contribution is 2.35. The molecular weight excluding hydrogens is 920 g/mol. The number of likely N-dealkylation sites (N-methyl/N-ethyl adjacent to an activating group) is 1. The Kier molecular flexibility index (Phi) is 12.8. The van der Waals surface area contributed by atoms with E-state index in [9.17, 15) is 42.3 Å². The maximum absolute atomic E-state index is 14.6. The molecular formula is C51H56F3N11O6. The van der Waals surface area contributed by atoms with E-state index in [0.29, 0.717) is 79.0 Å². The van der Waals surface area contributed by atoms with Crippen LogP contribution in [0.1, 0.15) is 81.2 Å². The maximum atomic E-state index is 14.6. The summed E-state index contributed by atoms with van der Waals surface area (Å²) in [6, 6.07) is 20.5. The van der Waals surface area contributed by atoms with Gasteiger partial charge in [-0.3, -0.25) is 43.8 Å². The normalized spacial score (nSPS) is 19.5. The van der Waals surface area contributed by atoms with Gasteiger partial charge in [-0.25, -0.2) is 4.79 Å². The van der Waals surface area contributed by atoms with E-state index in [1.807, 2.05) is 42.5 Å². The Bertz CT molecular complexity index is 2970. The molecule has 0 radical (unpaired) electrons. The van der Waals surface area contributed by atoms with Crippen molar-refractivity contribution in [2.45, 2.75) is 63.5 Å². The van der Waals surface area contributed by atoms with Crippen molar-refractivity contribution in [1.29, 1.82) is 0 Å². The standard InChI is InChI=1S/C51H56F3N11O6/c1-58(48(69)34-6-8-37(9-7-34)61-20-22-62(23-21-61)38-10-11-40-36(26-38)29-64(49(40)70)42-12-13-44(66)56-47(42)68)17-14-32-15-18-60(19-16-32)27-33-24-41(51(52,53)54)43-30-63(50(71)65(43)28-33)39-5-3-4-35(25-39)45(67)46-57-55-31-59(46)2/h3-11,24-26,28,30,32,42,45,55,67H,12-23,27,29,31H2,1-2H3,(H,56,66,68)/t42?,45-/m1/s1. The SMILES string of the molecule is CN(CCC1CCN(Cc2cc(C(F)(F)F)c3cn(-c4cccc([C@@H](O)C5=NNCN5C)c4)c(=O)n3c2)CC1)C(=O)c1ccc(N2CCN(c3ccc4c(c3)CN(C3CCC(=O)NC3=O)C4=O)CC2)cc1. The first-order valence-electron chi connectivity index (χ1n) is 24.1. The predicted molar refractivity (Wildman–Crippen MR) is 259 cm³/mol. The molecule has 1 unspecified atom stereocenters. The third-order valence-corrected chi connectivity index (χ3v) is 14.7. The fourth-order valence-corrected chi connectivity index (χ4v) is 10.6. The van der Waals surface area contributed by atoms with Gasteiger partial charge in [0.1, 0.15) is 18.8 Å². The van der Waals surface area contributed by atoms with Crippen molar-refractivity contribution in [2.75, 3.05) is 76.4 Å². The molecule has 20 heteroatoms. The zero-order valence-electron chi connectivity index (χ0n) is 39.6. The van der Waals surface area contributed by atoms with Crippen molar-refractivity contribution in [3.63, 3.8) is 0 Å². The second-order valence-corrected chi connectivity index (χ2v) is 19.3. The molecule has 0 aliphatic carbocycles. The number of hydrogen-bond donors (Lipinski definition) is 3. The number of alkyl halides is 3. The average molecular weight is 976 g/mol. The lowest BCUT2D eigenvalue weighted by atomic mass is 9.93. The number of anilines is 2. The van der Waals surface area contributed by atoms with E-state index >= 15 is 0 Å². The minimum atomic E-state index is -4.71. The van der Waals surface area contributed by atoms with Crippen LogP contribution in [0.25, 0.3) is 11.2 Å². The van der Waals surface area contributed by atoms with Crippen LogP contribution in [0, 0.1) is 5.92 Å². The number of piperazine rings is 1. The average Bonchev–Trinajstić information content (AvgIpc) is 4.06. The molecule has 5 aliphatic heterocycles. The van der Waals surface area contributed by atoms with Crippen LogP contribution in [0.3, 0.4) is 0 Å². The van der Waals surface area contributed by atoms with Gasteiger partial charge in [0.2, 0.25) is 11.8 Å². The van der Waals surface area contributed by atoms with Gasteiger partial charge in [-0.05, 0) is 122 Å². The van der Waals surface area contributed by atoms with E-state index in [2.05, 4.69) is 30.5 Å². The van der Waals surface area contributed by atoms with Crippen molar-refractivity contribution in [3.05, 3.63) is 129 Å². The van der Waals surface area contributed by atoms with Crippen LogP contribution in [-0.4, -0.2) is 136 Å². The number of rotatable bonds is 12. The van der Waals surface area contributed by atoms with Gasteiger partial charge in [0.25, 0.3) is 11.8 Å². The second kappa shape index (κ2) is 19.2. The molecule has 17 nitrogen and oxygen atoms in total. The first-order chi connectivity index (χ1) is 34.1. The van der Waals surface area contributed by atoms with Gasteiger partial charge in [-0.2, -0.15) is 18.3 Å². The Hall–Kier alpha value is -7.19. The summed E-state index contributed by atoms with van der Waals surface area (Å²) in [6.07, 6.45) is -0.159. The smallest absolute Gasteiger partial charge is 0.380 e. The Morgan fingerprint density at radius 2 is 1.59 bits per heavy atom. The molecule has 2 aromatic heterocycles. The van der Waals surface area contributed by atoms with Gasteiger partial charge in [0.05, 0.1) is 16.8 Å². The number of halogens is 3. The van der Waals surface area contributed by atoms with Crippen LogP contribution in [0.15, 0.2) is 95.1 Å². The number of imidazole rings is 1. The molecule has 3 saturated heterocycles. The number of fused-ring (bicyclic) bond motifs is 2. The van der Waals surface area contributed by atoms with Crippen molar-refractivity contribution in [1.82, 2.24) is 39.3 Å². The van der Waals surface area contributed by atoms with E-state index < -0.39 is 35.5 Å². The molecule has 10 rings (SSSR count).